The Kier molecular flexibility index (Phi) is 6.89. The zero-order chi connectivity index (χ0) is 19.1. The minimum atomic E-state index is -0.122. The smallest absolute Gasteiger partial charge is 0.220 e. The quantitative estimate of drug-likeness (QED) is 0.780. The standard InChI is InChI=1S/C21H27NO4/c1-14-6-9-18(24-3)17(12-14)15(2)22-21(23)11-8-16-7-10-19(25-4)20(13-16)26-5/h6-7,9-10,12-13,15H,8,11H2,1-5H3,(H,22,23)/t15-/m1/s1. The maximum absolute atomic E-state index is 12.4. The molecule has 5 nitrogen and oxygen atoms in total. The molecular weight excluding hydrogens is 330 g/mol. The van der Waals surface area contributed by atoms with E-state index < -0.39 is 0 Å². The third-order valence-corrected chi connectivity index (χ3v) is 4.32. The maximum Gasteiger partial charge on any atom is 0.220 e. The molecule has 1 atom stereocenters. The van der Waals surface area contributed by atoms with Gasteiger partial charge in [0.15, 0.2) is 11.5 Å². The summed E-state index contributed by atoms with van der Waals surface area (Å²) in [5, 5.41) is 3.04. The number of methoxy groups -OCH3 is 3. The van der Waals surface area contributed by atoms with Gasteiger partial charge in [0.2, 0.25) is 5.91 Å². The van der Waals surface area contributed by atoms with Crippen LogP contribution in [0.4, 0.5) is 0 Å². The molecule has 140 valence electrons. The lowest BCUT2D eigenvalue weighted by Crippen LogP contribution is -2.27. The van der Waals surface area contributed by atoms with E-state index >= 15 is 0 Å². The van der Waals surface area contributed by atoms with Crippen molar-refractivity contribution in [1.29, 1.82) is 0 Å². The second-order valence-corrected chi connectivity index (χ2v) is 6.22. The Hall–Kier alpha value is -2.69. The van der Waals surface area contributed by atoms with E-state index in [1.807, 2.05) is 50.2 Å². The van der Waals surface area contributed by atoms with Gasteiger partial charge in [-0.2, -0.15) is 0 Å². The number of hydrogen-bond donors (Lipinski definition) is 1. The first kappa shape index (κ1) is 19.6. The molecule has 1 N–H and O–H groups in total. The predicted octanol–water partition coefficient (Wildman–Crippen LogP) is 3.83. The third-order valence-electron chi connectivity index (χ3n) is 4.32. The number of benzene rings is 2. The maximum atomic E-state index is 12.4. The molecule has 0 aliphatic carbocycles. The highest BCUT2D eigenvalue weighted by Crippen LogP contribution is 2.28. The Morgan fingerprint density at radius 2 is 1.62 bits per heavy atom. The van der Waals surface area contributed by atoms with Gasteiger partial charge in [-0.3, -0.25) is 4.79 Å². The van der Waals surface area contributed by atoms with Gasteiger partial charge in [-0.25, -0.2) is 0 Å². The highest BCUT2D eigenvalue weighted by Gasteiger charge is 2.14. The van der Waals surface area contributed by atoms with Crippen molar-refractivity contribution in [2.45, 2.75) is 32.7 Å². The number of nitrogens with one attached hydrogen (secondary N) is 1. The molecule has 0 spiro atoms. The van der Waals surface area contributed by atoms with Crippen LogP contribution in [0.3, 0.4) is 0 Å². The molecular formula is C21H27NO4. The zero-order valence-electron chi connectivity index (χ0n) is 16.1. The lowest BCUT2D eigenvalue weighted by Gasteiger charge is -2.18. The molecule has 0 saturated heterocycles. The summed E-state index contributed by atoms with van der Waals surface area (Å²) >= 11 is 0. The monoisotopic (exact) mass is 357 g/mol. The molecule has 26 heavy (non-hydrogen) atoms. The van der Waals surface area contributed by atoms with Crippen molar-refractivity contribution in [3.05, 3.63) is 53.1 Å². The van der Waals surface area contributed by atoms with Gasteiger partial charge in [-0.1, -0.05) is 23.8 Å². The minimum absolute atomic E-state index is 0.00385. The molecule has 0 aliphatic rings. The molecule has 0 radical (unpaired) electrons. The molecule has 0 bridgehead atoms. The Balaban J connectivity index is 1.98. The summed E-state index contributed by atoms with van der Waals surface area (Å²) in [5.41, 5.74) is 3.14. The molecule has 0 fully saturated rings. The second-order valence-electron chi connectivity index (χ2n) is 6.22. The normalized spacial score (nSPS) is 11.6. The number of ether oxygens (including phenoxy) is 3. The molecule has 0 aromatic heterocycles. The lowest BCUT2D eigenvalue weighted by atomic mass is 10.0. The van der Waals surface area contributed by atoms with Crippen LogP contribution in [0.25, 0.3) is 0 Å². The fraction of sp³-hybridized carbons (Fsp3) is 0.381. The van der Waals surface area contributed by atoms with Gasteiger partial charge in [0.05, 0.1) is 27.4 Å². The molecule has 0 aliphatic heterocycles. The summed E-state index contributed by atoms with van der Waals surface area (Å²) in [6.07, 6.45) is 1.03. The summed E-state index contributed by atoms with van der Waals surface area (Å²) < 4.78 is 15.9. The van der Waals surface area contributed by atoms with Crippen LogP contribution in [0, 0.1) is 6.92 Å². The summed E-state index contributed by atoms with van der Waals surface area (Å²) in [5.74, 6) is 2.13. The van der Waals surface area contributed by atoms with Gasteiger partial charge in [-0.05, 0) is 44.0 Å². The average molecular weight is 357 g/mol. The first-order valence-corrected chi connectivity index (χ1v) is 8.63. The summed E-state index contributed by atoms with van der Waals surface area (Å²) in [4.78, 5) is 12.4. The highest BCUT2D eigenvalue weighted by atomic mass is 16.5. The molecule has 2 rings (SSSR count). The molecule has 0 saturated carbocycles. The Morgan fingerprint density at radius 3 is 2.27 bits per heavy atom. The molecule has 5 heteroatoms. The van der Waals surface area contributed by atoms with Crippen molar-refractivity contribution < 1.29 is 19.0 Å². The number of aryl methyl sites for hydroxylation is 2. The van der Waals surface area contributed by atoms with Crippen molar-refractivity contribution >= 4 is 5.91 Å². The van der Waals surface area contributed by atoms with Crippen LogP contribution >= 0.6 is 0 Å². The zero-order valence-corrected chi connectivity index (χ0v) is 16.1. The van der Waals surface area contributed by atoms with Gasteiger partial charge in [0.1, 0.15) is 5.75 Å². The number of carbonyl (C=O) groups excluding carboxylic acids is 1. The Labute approximate surface area is 155 Å². The van der Waals surface area contributed by atoms with Gasteiger partial charge < -0.3 is 19.5 Å². The van der Waals surface area contributed by atoms with Crippen LogP contribution < -0.4 is 19.5 Å². The highest BCUT2D eigenvalue weighted by molar-refractivity contribution is 5.76. The van der Waals surface area contributed by atoms with E-state index in [-0.39, 0.29) is 11.9 Å². The minimum Gasteiger partial charge on any atom is -0.496 e. The van der Waals surface area contributed by atoms with Crippen LogP contribution in [0.5, 0.6) is 17.2 Å². The molecule has 0 unspecified atom stereocenters. The van der Waals surface area contributed by atoms with E-state index in [0.29, 0.717) is 24.3 Å². The van der Waals surface area contributed by atoms with Crippen molar-refractivity contribution in [3.8, 4) is 17.2 Å². The van der Waals surface area contributed by atoms with E-state index in [1.54, 1.807) is 21.3 Å². The van der Waals surface area contributed by atoms with Gasteiger partial charge in [0, 0.05) is 12.0 Å². The molecule has 2 aromatic rings. The summed E-state index contributed by atoms with van der Waals surface area (Å²) in [7, 11) is 4.84. The van der Waals surface area contributed by atoms with Gasteiger partial charge in [0.25, 0.3) is 0 Å². The van der Waals surface area contributed by atoms with Gasteiger partial charge >= 0.3 is 0 Å². The number of amides is 1. The number of rotatable bonds is 8. The molecule has 2 aromatic carbocycles. The Morgan fingerprint density at radius 1 is 0.962 bits per heavy atom. The van der Waals surface area contributed by atoms with Crippen LogP contribution in [-0.2, 0) is 11.2 Å². The fourth-order valence-corrected chi connectivity index (χ4v) is 2.88. The first-order chi connectivity index (χ1) is 12.5. The van der Waals surface area contributed by atoms with Crippen molar-refractivity contribution in [1.82, 2.24) is 5.32 Å². The molecule has 1 amide bonds. The van der Waals surface area contributed by atoms with Crippen molar-refractivity contribution in [2.75, 3.05) is 21.3 Å². The first-order valence-electron chi connectivity index (χ1n) is 8.63. The van der Waals surface area contributed by atoms with Crippen molar-refractivity contribution in [3.63, 3.8) is 0 Å². The van der Waals surface area contributed by atoms with E-state index in [4.69, 9.17) is 14.2 Å². The summed E-state index contributed by atoms with van der Waals surface area (Å²) in [6, 6.07) is 11.5. The van der Waals surface area contributed by atoms with Crippen molar-refractivity contribution in [2.24, 2.45) is 0 Å². The van der Waals surface area contributed by atoms with E-state index in [2.05, 4.69) is 5.32 Å². The van der Waals surface area contributed by atoms with Gasteiger partial charge in [-0.15, -0.1) is 0 Å². The topological polar surface area (TPSA) is 56.8 Å². The number of carbonyl (C=O) groups is 1. The van der Waals surface area contributed by atoms with E-state index in [1.165, 1.54) is 0 Å². The molecule has 0 heterocycles. The lowest BCUT2D eigenvalue weighted by molar-refractivity contribution is -0.121. The average Bonchev–Trinajstić information content (AvgIpc) is 2.65. The number of hydrogen-bond acceptors (Lipinski definition) is 4. The predicted molar refractivity (Wildman–Crippen MR) is 102 cm³/mol. The summed E-state index contributed by atoms with van der Waals surface area (Å²) in [6.45, 7) is 3.99. The van der Waals surface area contributed by atoms with E-state index in [9.17, 15) is 4.79 Å². The second kappa shape index (κ2) is 9.13. The van der Waals surface area contributed by atoms with E-state index in [0.717, 1.165) is 22.4 Å². The van der Waals surface area contributed by atoms with Crippen LogP contribution in [0.2, 0.25) is 0 Å². The fourth-order valence-electron chi connectivity index (χ4n) is 2.88. The van der Waals surface area contributed by atoms with Crippen LogP contribution in [0.15, 0.2) is 36.4 Å². The Bertz CT molecular complexity index is 758. The SMILES string of the molecule is COc1ccc(CCC(=O)N[C@H](C)c2cc(C)ccc2OC)cc1OC. The van der Waals surface area contributed by atoms with Crippen LogP contribution in [0.1, 0.15) is 36.1 Å². The largest absolute Gasteiger partial charge is 0.496 e. The third kappa shape index (κ3) is 4.91. The van der Waals surface area contributed by atoms with Crippen LogP contribution in [-0.4, -0.2) is 27.2 Å².